The van der Waals surface area contributed by atoms with E-state index in [9.17, 15) is 0 Å². The number of halogens is 1. The normalized spacial score (nSPS) is 14.6. The molecule has 1 aliphatic rings. The molecule has 0 radical (unpaired) electrons. The highest BCUT2D eigenvalue weighted by Crippen LogP contribution is 2.36. The molecule has 1 saturated heterocycles. The van der Waals surface area contributed by atoms with E-state index in [-0.39, 0.29) is 38.1 Å². The molecule has 0 unspecified atom stereocenters. The van der Waals surface area contributed by atoms with E-state index < -0.39 is 0 Å². The van der Waals surface area contributed by atoms with Crippen LogP contribution in [0.4, 0.5) is 0 Å². The summed E-state index contributed by atoms with van der Waals surface area (Å²) in [5.74, 6) is 0. The maximum atomic E-state index is 8.94. The summed E-state index contributed by atoms with van der Waals surface area (Å²) in [6, 6.07) is 32.6. The number of hydrogen-bond acceptors (Lipinski definition) is 6. The number of rotatable bonds is 8. The van der Waals surface area contributed by atoms with Crippen molar-refractivity contribution in [2.75, 3.05) is 19.8 Å². The molecule has 2 heterocycles. The van der Waals surface area contributed by atoms with Crippen LogP contribution in [0.1, 0.15) is 44.4 Å². The van der Waals surface area contributed by atoms with Gasteiger partial charge in [-0.2, -0.15) is 0 Å². The topological polar surface area (TPSA) is 92.0 Å². The zero-order valence-corrected chi connectivity index (χ0v) is 29.3. The van der Waals surface area contributed by atoms with Gasteiger partial charge in [0.25, 0.3) is 0 Å². The molecule has 6 nitrogen and oxygen atoms in total. The van der Waals surface area contributed by atoms with Crippen LogP contribution in [0.25, 0.3) is 21.9 Å². The van der Waals surface area contributed by atoms with Crippen LogP contribution in [0.3, 0.4) is 0 Å². The summed E-state index contributed by atoms with van der Waals surface area (Å²) in [7, 11) is -0.307. The highest BCUT2D eigenvalue weighted by molar-refractivity contribution is 9.10. The smallest absolute Gasteiger partial charge is 0.399 e. The molecule has 0 aliphatic carbocycles. The molecule has 0 amide bonds. The minimum Gasteiger partial charge on any atom is -0.399 e. The number of benzene rings is 4. The van der Waals surface area contributed by atoms with Gasteiger partial charge in [0.05, 0.1) is 11.2 Å². The summed E-state index contributed by atoms with van der Waals surface area (Å²) < 4.78 is 13.0. The van der Waals surface area contributed by atoms with E-state index in [0.29, 0.717) is 12.8 Å². The molecule has 0 spiro atoms. The molecule has 47 heavy (non-hydrogen) atoms. The highest BCUT2D eigenvalue weighted by atomic mass is 79.9. The van der Waals surface area contributed by atoms with Gasteiger partial charge >= 0.3 is 7.12 Å². The highest BCUT2D eigenvalue weighted by Gasteiger charge is 2.51. The molecule has 246 valence electrons. The van der Waals surface area contributed by atoms with Gasteiger partial charge in [0.1, 0.15) is 0 Å². The Hall–Kier alpha value is -3.37. The monoisotopic (exact) mass is 697 g/mol. The molecular weight excluding hydrogens is 653 g/mol. The van der Waals surface area contributed by atoms with E-state index in [1.165, 1.54) is 27.5 Å². The molecule has 0 bridgehead atoms. The first-order valence-electron chi connectivity index (χ1n) is 16.0. The Morgan fingerprint density at radius 1 is 0.638 bits per heavy atom. The maximum Gasteiger partial charge on any atom is 0.494 e. The number of aromatic nitrogens is 1. The molecule has 8 heteroatoms. The number of nitrogens with zero attached hydrogens (tertiary/aromatic N) is 1. The Kier molecular flexibility index (Phi) is 13.3. The predicted molar refractivity (Wildman–Crippen MR) is 196 cm³/mol. The van der Waals surface area contributed by atoms with E-state index in [1.807, 2.05) is 94.7 Å². The van der Waals surface area contributed by atoms with Crippen molar-refractivity contribution in [3.05, 3.63) is 131 Å². The first-order valence-corrected chi connectivity index (χ1v) is 16.8. The molecule has 0 saturated carbocycles. The Morgan fingerprint density at radius 3 is 1.64 bits per heavy atom. The molecule has 1 aliphatic heterocycles. The van der Waals surface area contributed by atoms with Crippen LogP contribution in [0.2, 0.25) is 0 Å². The quantitative estimate of drug-likeness (QED) is 0.152. The second-order valence-corrected chi connectivity index (χ2v) is 13.4. The van der Waals surface area contributed by atoms with Crippen LogP contribution in [-0.2, 0) is 28.6 Å². The first-order chi connectivity index (χ1) is 22.6. The zero-order valence-electron chi connectivity index (χ0n) is 27.7. The van der Waals surface area contributed by atoms with Gasteiger partial charge in [-0.1, -0.05) is 94.8 Å². The zero-order chi connectivity index (χ0) is 33.9. The summed E-state index contributed by atoms with van der Waals surface area (Å²) in [5.41, 5.74) is 6.24. The van der Waals surface area contributed by atoms with Crippen molar-refractivity contribution in [2.24, 2.45) is 0 Å². The van der Waals surface area contributed by atoms with Crippen LogP contribution in [0.5, 0.6) is 0 Å². The fourth-order valence-electron chi connectivity index (χ4n) is 5.08. The van der Waals surface area contributed by atoms with Crippen molar-refractivity contribution < 1.29 is 24.6 Å². The van der Waals surface area contributed by atoms with Crippen molar-refractivity contribution in [3.8, 4) is 11.1 Å². The standard InChI is InChI=1S/C17H15NO.C14H21BO3.C8H9BrO/c19-11-9-13-4-6-15(7-5-13)16-3-1-2-14-8-10-18-12-17(14)16;1-13(2)14(3,4)18-15(17-13)12-7-5-11(6-8-12)9-10-16;9-8-3-1-7(2-4-8)5-6-10/h1-8,10,12,19H,9,11H2;5-8,16H,9-10H2,1-4H3;1-4,10H,5-6H2. The molecule has 3 N–H and O–H groups in total. The lowest BCUT2D eigenvalue weighted by molar-refractivity contribution is 0.00578. The number of fused-ring (bicyclic) bond motifs is 1. The predicted octanol–water partition coefficient (Wildman–Crippen LogP) is 6.94. The van der Waals surface area contributed by atoms with Gasteiger partial charge in [-0.3, -0.25) is 4.98 Å². The van der Waals surface area contributed by atoms with Crippen molar-refractivity contribution in [1.82, 2.24) is 4.98 Å². The second-order valence-electron chi connectivity index (χ2n) is 12.5. The largest absolute Gasteiger partial charge is 0.494 e. The molecule has 5 aromatic rings. The van der Waals surface area contributed by atoms with Crippen LogP contribution >= 0.6 is 15.9 Å². The van der Waals surface area contributed by atoms with E-state index in [1.54, 1.807) is 0 Å². The lowest BCUT2D eigenvalue weighted by Gasteiger charge is -2.32. The van der Waals surface area contributed by atoms with E-state index in [2.05, 4.69) is 63.4 Å². The van der Waals surface area contributed by atoms with Crippen LogP contribution in [0.15, 0.2) is 114 Å². The SMILES string of the molecule is CC1(C)OB(c2ccc(CCO)cc2)OC1(C)C.OCCc1ccc(-c2cccc3ccncc23)cc1.OCCc1ccc(Br)cc1. The first kappa shape index (κ1) is 36.5. The van der Waals surface area contributed by atoms with Gasteiger partial charge < -0.3 is 24.6 Å². The van der Waals surface area contributed by atoms with Gasteiger partial charge in [-0.15, -0.1) is 0 Å². The fraction of sp³-hybridized carbons (Fsp3) is 0.308. The van der Waals surface area contributed by atoms with Gasteiger partial charge in [0.15, 0.2) is 0 Å². The van der Waals surface area contributed by atoms with Gasteiger partial charge in [-0.05, 0) is 104 Å². The lowest BCUT2D eigenvalue weighted by atomic mass is 9.79. The third-order valence-electron chi connectivity index (χ3n) is 8.57. The lowest BCUT2D eigenvalue weighted by Crippen LogP contribution is -2.41. The van der Waals surface area contributed by atoms with Crippen LogP contribution in [0, 0.1) is 0 Å². The Balaban J connectivity index is 0.000000168. The van der Waals surface area contributed by atoms with Crippen LogP contribution < -0.4 is 5.46 Å². The minimum atomic E-state index is -0.307. The van der Waals surface area contributed by atoms with Crippen molar-refractivity contribution in [3.63, 3.8) is 0 Å². The third kappa shape index (κ3) is 10.1. The summed E-state index contributed by atoms with van der Waals surface area (Å²) in [6.07, 6.45) is 5.86. The van der Waals surface area contributed by atoms with Crippen molar-refractivity contribution >= 4 is 39.3 Å². The van der Waals surface area contributed by atoms with E-state index in [0.717, 1.165) is 27.5 Å². The molecule has 6 rings (SSSR count). The Bertz CT molecular complexity index is 1650. The second kappa shape index (κ2) is 17.2. The molecule has 4 aromatic carbocycles. The number of hydrogen-bond donors (Lipinski definition) is 3. The molecule has 0 atom stereocenters. The van der Waals surface area contributed by atoms with Gasteiger partial charge in [0.2, 0.25) is 0 Å². The van der Waals surface area contributed by atoms with E-state index >= 15 is 0 Å². The fourth-order valence-corrected chi connectivity index (χ4v) is 5.34. The van der Waals surface area contributed by atoms with E-state index in [4.69, 9.17) is 24.6 Å². The summed E-state index contributed by atoms with van der Waals surface area (Å²) in [5, 5.41) is 28.8. The average Bonchev–Trinajstić information content (AvgIpc) is 3.29. The minimum absolute atomic E-state index is 0.176. The Labute approximate surface area is 287 Å². The van der Waals surface area contributed by atoms with Crippen molar-refractivity contribution in [1.29, 1.82) is 0 Å². The van der Waals surface area contributed by atoms with Crippen molar-refractivity contribution in [2.45, 2.75) is 58.2 Å². The summed E-state index contributed by atoms with van der Waals surface area (Å²) in [4.78, 5) is 4.21. The maximum absolute atomic E-state index is 8.94. The molecule has 1 fully saturated rings. The number of aliphatic hydroxyl groups is 3. The van der Waals surface area contributed by atoms with Gasteiger partial charge in [-0.25, -0.2) is 0 Å². The Morgan fingerprint density at radius 2 is 1.13 bits per heavy atom. The third-order valence-corrected chi connectivity index (χ3v) is 9.10. The summed E-state index contributed by atoms with van der Waals surface area (Å²) >= 11 is 3.33. The summed E-state index contributed by atoms with van der Waals surface area (Å²) in [6.45, 7) is 8.79. The number of pyridine rings is 1. The number of aliphatic hydroxyl groups excluding tert-OH is 3. The molecule has 1 aromatic heterocycles. The molecular formula is C39H45BBrNO5. The van der Waals surface area contributed by atoms with Crippen LogP contribution in [-0.4, -0.2) is 58.4 Å². The average molecular weight is 699 g/mol. The van der Waals surface area contributed by atoms with Gasteiger partial charge in [0, 0.05) is 42.1 Å².